The normalized spacial score (nSPS) is 15.8. The Morgan fingerprint density at radius 1 is 0.427 bits per heavy atom. The summed E-state index contributed by atoms with van der Waals surface area (Å²) in [6.45, 7) is 9.04. The number of likely N-dealkylation sites (N-methyl/N-ethyl adjacent to an activating group) is 1. The number of piperidine rings is 2. The zero-order chi connectivity index (χ0) is 100. The van der Waals surface area contributed by atoms with Crippen molar-refractivity contribution in [3.8, 4) is 47.4 Å². The van der Waals surface area contributed by atoms with E-state index < -0.39 is 17.4 Å². The van der Waals surface area contributed by atoms with Gasteiger partial charge in [0.1, 0.15) is 23.3 Å². The molecule has 143 heavy (non-hydrogen) atoms. The van der Waals surface area contributed by atoms with Crippen LogP contribution in [0.25, 0.3) is 0 Å². The molecule has 5 fully saturated rings. The molecule has 4 amide bonds. The number of H-pyrrole nitrogens is 4. The number of aromatic amines is 4. The number of amides is 4. The summed E-state index contributed by atoms with van der Waals surface area (Å²) >= 11 is 0. The van der Waals surface area contributed by atoms with Gasteiger partial charge >= 0.3 is 0 Å². The highest BCUT2D eigenvalue weighted by Crippen LogP contribution is 2.46. The molecular weight excluding hydrogens is 1820 g/mol. The summed E-state index contributed by atoms with van der Waals surface area (Å²) in [7, 11) is 3.89. The quantitative estimate of drug-likeness (QED) is 0.0119. The molecule has 0 radical (unpaired) electrons. The maximum atomic E-state index is 13.8. The van der Waals surface area contributed by atoms with Crippen LogP contribution < -0.4 is 40.9 Å². The molecule has 2 unspecified atom stereocenters. The number of aromatic nitrogens is 7. The second-order valence-corrected chi connectivity index (χ2v) is 37.9. The van der Waals surface area contributed by atoms with Crippen LogP contribution in [0, 0.1) is 82.0 Å². The fraction of sp³-hybridized carbons (Fsp3) is 0.365. The number of aliphatic hydroxyl groups excluding tert-OH is 1. The van der Waals surface area contributed by atoms with Crippen molar-refractivity contribution in [3.63, 3.8) is 0 Å². The van der Waals surface area contributed by atoms with Crippen molar-refractivity contribution in [1.29, 1.82) is 0 Å². The third kappa shape index (κ3) is 31.5. The molecule has 28 heteroatoms. The SMILES string of the molecule is CC(F)(F)C1CCN(c2ccc(C(=O)NCCCc3cn[nH]c3)cc2C#Cc2ccc(F)cc2)CC1.CN(C)CC1(O)CCN(c2ccc(C(=O)NCCCc3cn[nH]c3)cc2C#Cc2ccc(F)cc2)C1.O=C(NCCCc1cc[nH]c1)c1ccc(N2CCC3(CCCCC3)C2)c(C#Cc2ccc(F)cc2)c1.O=C(NCCCc1cn[nH]c1)c1ccc(N2CCCCC2CCO)c(C#Cc2ccc(F)cc2)c1. The number of carbonyl (C=O) groups excluding carboxylic acids is 4. The van der Waals surface area contributed by atoms with E-state index in [-0.39, 0.29) is 59.5 Å². The van der Waals surface area contributed by atoms with Crippen molar-refractivity contribution in [3.05, 3.63) is 338 Å². The molecule has 8 aromatic carbocycles. The highest BCUT2D eigenvalue weighted by molar-refractivity contribution is 5.97. The van der Waals surface area contributed by atoms with Crippen LogP contribution in [-0.4, -0.2) is 191 Å². The van der Waals surface area contributed by atoms with E-state index in [4.69, 9.17) is 0 Å². The standard InChI is InChI=1S/C31H34FN3O.C28H29F3N4O.C28H32FN5O2.C28H31FN4O2/c32-28-11-7-24(8-12-28)6-9-26-21-27(30(36)34-18-4-5-25-14-19-33-22-25)10-13-29(26)35-20-17-31(23-35)15-2-1-3-16-31;1-28(30,31)24-12-15-35(16-13-24)26-11-8-23(27(36)32-14-2-3-21-18-33-34-19-21)17-22(26)7-4-20-5-9-25(29)10-6-20;1-33(2)19-28(36)13-15-34(20-28)26-12-9-24(27(35)30-14-3-4-22-17-31-32-18-22)16-23(26)8-5-21-6-10-25(29)11-7-21;29-25-11-7-21(8-12-25)6-9-23-18-24(28(35)30-15-3-4-22-19-31-32-20-22)10-13-27(23)33-16-2-1-5-26(33)14-17-34/h7-8,10-14,19,21-22,33H,1-5,15-18,20,23H2,(H,34,36);5-6,8-11,17-19,24H,2-3,12-16H2,1H3,(H,32,36)(H,33,34);6-7,9-12,16-18,36H,3-4,13-15,19-20H2,1-2H3,(H,30,35)(H,31,32);7-8,10-13,18-20,26,34H,1-5,14-17H2,(H,30,35)(H,31,32). The first-order valence-electron chi connectivity index (χ1n) is 49.6. The maximum absolute atomic E-state index is 13.8. The van der Waals surface area contributed by atoms with E-state index in [1.165, 1.54) is 92.6 Å². The number of hydrogen-bond acceptors (Lipinski definition) is 14. The zero-order valence-corrected chi connectivity index (χ0v) is 81.4. The first-order valence-corrected chi connectivity index (χ1v) is 49.6. The Kier molecular flexibility index (Phi) is 37.7. The zero-order valence-electron chi connectivity index (χ0n) is 81.4. The van der Waals surface area contributed by atoms with E-state index in [9.17, 15) is 55.7 Å². The van der Waals surface area contributed by atoms with Gasteiger partial charge in [-0.2, -0.15) is 15.3 Å². The number of β-amino-alcohol motifs (C(OH)–C–C–N with tert-alkyl or cyclic N) is 1. The average Bonchev–Trinajstić information content (AvgIpc) is 1.54. The fourth-order valence-electron chi connectivity index (χ4n) is 19.0. The number of aliphatic hydroxyl groups is 2. The summed E-state index contributed by atoms with van der Waals surface area (Å²) in [6.07, 6.45) is 34.6. The minimum absolute atomic E-state index is 0.0781. The van der Waals surface area contributed by atoms with Gasteiger partial charge in [-0.3, -0.25) is 34.5 Å². The fourth-order valence-corrected chi connectivity index (χ4v) is 19.0. The lowest BCUT2D eigenvalue weighted by Crippen LogP contribution is -2.42. The van der Waals surface area contributed by atoms with E-state index in [1.54, 1.807) is 91.4 Å². The van der Waals surface area contributed by atoms with Gasteiger partial charge in [-0.25, -0.2) is 26.3 Å². The second kappa shape index (κ2) is 51.7. The molecule has 10 N–H and O–H groups in total. The molecule has 17 rings (SSSR count). The maximum Gasteiger partial charge on any atom is 0.251 e. The molecule has 8 heterocycles. The molecule has 1 saturated carbocycles. The van der Waals surface area contributed by atoms with Gasteiger partial charge in [-0.15, -0.1) is 0 Å². The monoisotopic (exact) mass is 1940 g/mol. The lowest BCUT2D eigenvalue weighted by Gasteiger charge is -2.38. The summed E-state index contributed by atoms with van der Waals surface area (Å²) in [6, 6.07) is 48.8. The summed E-state index contributed by atoms with van der Waals surface area (Å²) in [5.41, 5.74) is 15.8. The molecule has 12 aromatic rings. The lowest BCUT2D eigenvalue weighted by atomic mass is 9.73. The Morgan fingerprint density at radius 2 is 0.804 bits per heavy atom. The molecule has 5 aliphatic rings. The summed E-state index contributed by atoms with van der Waals surface area (Å²) in [4.78, 5) is 65.4. The first-order chi connectivity index (χ1) is 69.3. The number of alkyl halides is 2. The lowest BCUT2D eigenvalue weighted by molar-refractivity contribution is -0.0482. The molecule has 4 saturated heterocycles. The molecule has 4 aliphatic heterocycles. The van der Waals surface area contributed by atoms with Gasteiger partial charge < -0.3 is 61.0 Å². The Hall–Kier alpha value is -14.6. The van der Waals surface area contributed by atoms with Gasteiger partial charge in [-0.1, -0.05) is 66.6 Å². The van der Waals surface area contributed by atoms with Crippen LogP contribution >= 0.6 is 0 Å². The number of rotatable bonds is 29. The molecule has 4 aromatic heterocycles. The highest BCUT2D eigenvalue weighted by Gasteiger charge is 2.41. The predicted molar refractivity (Wildman–Crippen MR) is 549 cm³/mol. The average molecular weight is 1940 g/mol. The van der Waals surface area contributed by atoms with Crippen LogP contribution in [0.5, 0.6) is 0 Å². The highest BCUT2D eigenvalue weighted by atomic mass is 19.3. The molecule has 0 bridgehead atoms. The molecule has 2 atom stereocenters. The van der Waals surface area contributed by atoms with Crippen LogP contribution in [0.3, 0.4) is 0 Å². The number of nitrogens with zero attached hydrogens (tertiary/aromatic N) is 8. The van der Waals surface area contributed by atoms with Crippen molar-refractivity contribution in [2.75, 3.05) is 119 Å². The largest absolute Gasteiger partial charge is 0.396 e. The van der Waals surface area contributed by atoms with Gasteiger partial charge in [0.15, 0.2) is 0 Å². The topological polar surface area (TPSA) is 275 Å². The van der Waals surface area contributed by atoms with Crippen LogP contribution in [0.4, 0.5) is 49.1 Å². The van der Waals surface area contributed by atoms with Gasteiger partial charge in [0.2, 0.25) is 5.92 Å². The molecule has 744 valence electrons. The van der Waals surface area contributed by atoms with Crippen molar-refractivity contribution in [2.45, 2.75) is 159 Å². The number of nitrogens with one attached hydrogen (secondary N) is 8. The van der Waals surface area contributed by atoms with E-state index >= 15 is 0 Å². The number of aryl methyl sites for hydroxylation is 4. The second-order valence-electron chi connectivity index (χ2n) is 37.9. The number of benzene rings is 8. The minimum atomic E-state index is -2.70. The molecule has 1 aliphatic carbocycles. The first kappa shape index (κ1) is 104. The summed E-state index contributed by atoms with van der Waals surface area (Å²) < 4.78 is 80.8. The third-order valence-corrected chi connectivity index (χ3v) is 26.7. The van der Waals surface area contributed by atoms with Gasteiger partial charge in [0.05, 0.1) is 46.9 Å². The van der Waals surface area contributed by atoms with Crippen LogP contribution in [0.15, 0.2) is 225 Å². The Balaban J connectivity index is 0.000000151. The van der Waals surface area contributed by atoms with Gasteiger partial charge in [-0.05, 0) is 340 Å². The van der Waals surface area contributed by atoms with Gasteiger partial charge in [0, 0.05) is 195 Å². The third-order valence-electron chi connectivity index (χ3n) is 26.7. The van der Waals surface area contributed by atoms with Crippen LogP contribution in [0.2, 0.25) is 0 Å². The van der Waals surface area contributed by atoms with E-state index in [1.807, 2.05) is 97.3 Å². The van der Waals surface area contributed by atoms with Crippen molar-refractivity contribution >= 4 is 46.4 Å². The summed E-state index contributed by atoms with van der Waals surface area (Å²) in [5.74, 6) is 20.1. The molecule has 1 spiro atoms. The minimum Gasteiger partial charge on any atom is -0.396 e. The Bertz CT molecular complexity index is 6390. The van der Waals surface area contributed by atoms with Crippen molar-refractivity contribution in [2.24, 2.45) is 11.3 Å². The summed E-state index contributed by atoms with van der Waals surface area (Å²) in [5, 5.41) is 52.7. The molecular formula is C115H126F6N16O6. The Labute approximate surface area is 833 Å². The van der Waals surface area contributed by atoms with Crippen molar-refractivity contribution in [1.82, 2.24) is 61.7 Å². The van der Waals surface area contributed by atoms with Gasteiger partial charge in [0.25, 0.3) is 23.6 Å². The van der Waals surface area contributed by atoms with E-state index in [0.717, 1.165) is 153 Å². The van der Waals surface area contributed by atoms with E-state index in [2.05, 4.69) is 131 Å². The predicted octanol–water partition coefficient (Wildman–Crippen LogP) is 18.1. The number of anilines is 4. The van der Waals surface area contributed by atoms with Crippen LogP contribution in [-0.2, 0) is 25.7 Å². The number of halogens is 6. The number of carbonyl (C=O) groups is 4. The van der Waals surface area contributed by atoms with E-state index in [0.29, 0.717) is 140 Å². The smallest absolute Gasteiger partial charge is 0.251 e. The molecule has 22 nitrogen and oxygen atoms in total. The van der Waals surface area contributed by atoms with Crippen LogP contribution in [0.1, 0.15) is 224 Å². The Morgan fingerprint density at radius 3 is 1.17 bits per heavy atom. The van der Waals surface area contributed by atoms with Crippen molar-refractivity contribution < 1.29 is 55.7 Å². The number of hydrogen-bond donors (Lipinski definition) is 10.